The van der Waals surface area contributed by atoms with Gasteiger partial charge in [-0.05, 0) is 6.07 Å². The number of aryl methyl sites for hydroxylation is 1. The summed E-state index contributed by atoms with van der Waals surface area (Å²) in [5.74, 6) is 0.961. The Kier molecular flexibility index (Phi) is 4.12. The first-order valence-electron chi connectivity index (χ1n) is 5.67. The third-order valence-electron chi connectivity index (χ3n) is 2.61. The molecule has 1 N–H and O–H groups in total. The molecule has 0 amide bonds. The molecular weight excluding hydrogens is 295 g/mol. The minimum atomic E-state index is -4.45. The molecule has 0 saturated carbocycles. The highest BCUT2D eigenvalue weighted by molar-refractivity contribution is 6.32. The number of nitrogens with zero attached hydrogens (tertiary/aromatic N) is 4. The summed E-state index contributed by atoms with van der Waals surface area (Å²) in [7, 11) is 1.80. The molecule has 0 aliphatic rings. The van der Waals surface area contributed by atoms with E-state index in [0.717, 1.165) is 18.1 Å². The van der Waals surface area contributed by atoms with E-state index >= 15 is 0 Å². The Hall–Kier alpha value is -1.83. The fraction of sp³-hybridized carbons (Fsp3) is 0.364. The molecule has 0 spiro atoms. The topological polar surface area (TPSA) is 55.6 Å². The van der Waals surface area contributed by atoms with Crippen molar-refractivity contribution >= 4 is 17.4 Å². The maximum absolute atomic E-state index is 12.4. The molecule has 2 heterocycles. The molecule has 0 aliphatic heterocycles. The summed E-state index contributed by atoms with van der Waals surface area (Å²) >= 11 is 5.77. The quantitative estimate of drug-likeness (QED) is 0.943. The van der Waals surface area contributed by atoms with Crippen LogP contribution < -0.4 is 5.32 Å². The Bertz CT molecular complexity index is 596. The molecule has 0 unspecified atom stereocenters. The van der Waals surface area contributed by atoms with Crippen molar-refractivity contribution < 1.29 is 13.2 Å². The van der Waals surface area contributed by atoms with E-state index in [0.29, 0.717) is 13.0 Å². The van der Waals surface area contributed by atoms with Crippen LogP contribution in [0, 0.1) is 0 Å². The van der Waals surface area contributed by atoms with E-state index in [4.69, 9.17) is 11.6 Å². The standard InChI is InChI=1S/C11H11ClF3N5/c1-20-6-18-19-9(20)2-3-16-10-8(12)4-7(5-17-10)11(13,14)15/h4-6H,2-3H2,1H3,(H,16,17). The predicted octanol–water partition coefficient (Wildman–Crippen LogP) is 2.54. The Balaban J connectivity index is 1.98. The van der Waals surface area contributed by atoms with Crippen LogP contribution >= 0.6 is 11.6 Å². The van der Waals surface area contributed by atoms with Crippen LogP contribution in [0.15, 0.2) is 18.6 Å². The van der Waals surface area contributed by atoms with Crippen molar-refractivity contribution in [1.29, 1.82) is 0 Å². The molecule has 2 aromatic heterocycles. The van der Waals surface area contributed by atoms with E-state index in [9.17, 15) is 13.2 Å². The summed E-state index contributed by atoms with van der Waals surface area (Å²) in [6.07, 6.45) is -1.58. The van der Waals surface area contributed by atoms with Gasteiger partial charge in [-0.15, -0.1) is 10.2 Å². The van der Waals surface area contributed by atoms with E-state index < -0.39 is 11.7 Å². The van der Waals surface area contributed by atoms with E-state index in [1.165, 1.54) is 0 Å². The van der Waals surface area contributed by atoms with Gasteiger partial charge in [0, 0.05) is 26.2 Å². The molecule has 0 aromatic carbocycles. The minimum Gasteiger partial charge on any atom is -0.368 e. The van der Waals surface area contributed by atoms with Crippen molar-refractivity contribution in [2.45, 2.75) is 12.6 Å². The van der Waals surface area contributed by atoms with Gasteiger partial charge in [-0.2, -0.15) is 13.2 Å². The van der Waals surface area contributed by atoms with Gasteiger partial charge in [0.25, 0.3) is 0 Å². The molecule has 0 fully saturated rings. The van der Waals surface area contributed by atoms with Crippen LogP contribution in [0.25, 0.3) is 0 Å². The number of hydrogen-bond donors (Lipinski definition) is 1. The predicted molar refractivity (Wildman–Crippen MR) is 67.4 cm³/mol. The van der Waals surface area contributed by atoms with Gasteiger partial charge >= 0.3 is 6.18 Å². The number of aromatic nitrogens is 4. The second kappa shape index (κ2) is 5.66. The number of halogens is 4. The van der Waals surface area contributed by atoms with Gasteiger partial charge in [0.05, 0.1) is 10.6 Å². The number of anilines is 1. The first-order valence-corrected chi connectivity index (χ1v) is 6.05. The summed E-state index contributed by atoms with van der Waals surface area (Å²) in [5, 5.41) is 10.4. The van der Waals surface area contributed by atoms with E-state index in [1.807, 2.05) is 0 Å². The smallest absolute Gasteiger partial charge is 0.368 e. The number of pyridine rings is 1. The average molecular weight is 306 g/mol. The second-order valence-electron chi connectivity index (χ2n) is 4.09. The van der Waals surface area contributed by atoms with Crippen molar-refractivity contribution in [3.8, 4) is 0 Å². The van der Waals surface area contributed by atoms with Gasteiger partial charge in [0.2, 0.25) is 0 Å². The first-order chi connectivity index (χ1) is 9.38. The third kappa shape index (κ3) is 3.38. The van der Waals surface area contributed by atoms with Crippen molar-refractivity contribution in [3.05, 3.63) is 35.0 Å². The number of nitrogens with one attached hydrogen (secondary N) is 1. The average Bonchev–Trinajstić information content (AvgIpc) is 2.76. The fourth-order valence-corrected chi connectivity index (χ4v) is 1.78. The lowest BCUT2D eigenvalue weighted by atomic mass is 10.2. The van der Waals surface area contributed by atoms with Crippen LogP contribution in [0.4, 0.5) is 19.0 Å². The van der Waals surface area contributed by atoms with Crippen molar-refractivity contribution in [2.75, 3.05) is 11.9 Å². The van der Waals surface area contributed by atoms with Gasteiger partial charge in [-0.1, -0.05) is 11.6 Å². The molecule has 0 saturated heterocycles. The molecule has 9 heteroatoms. The Morgan fingerprint density at radius 2 is 2.15 bits per heavy atom. The molecule has 2 rings (SSSR count). The van der Waals surface area contributed by atoms with Crippen LogP contribution in [-0.2, 0) is 19.6 Å². The van der Waals surface area contributed by atoms with Gasteiger partial charge in [0.15, 0.2) is 0 Å². The van der Waals surface area contributed by atoms with Gasteiger partial charge in [-0.25, -0.2) is 4.98 Å². The van der Waals surface area contributed by atoms with E-state index in [-0.39, 0.29) is 10.8 Å². The summed E-state index contributed by atoms with van der Waals surface area (Å²) < 4.78 is 39.1. The maximum atomic E-state index is 12.4. The number of hydrogen-bond acceptors (Lipinski definition) is 4. The zero-order valence-electron chi connectivity index (χ0n) is 10.4. The number of rotatable bonds is 4. The van der Waals surface area contributed by atoms with Gasteiger partial charge in [0.1, 0.15) is 18.0 Å². The fourth-order valence-electron chi connectivity index (χ4n) is 1.55. The lowest BCUT2D eigenvalue weighted by molar-refractivity contribution is -0.137. The first kappa shape index (κ1) is 14.6. The summed E-state index contributed by atoms with van der Waals surface area (Å²) in [6.45, 7) is 0.435. The SMILES string of the molecule is Cn1cnnc1CCNc1ncc(C(F)(F)F)cc1Cl. The van der Waals surface area contributed by atoms with Gasteiger partial charge in [-0.3, -0.25) is 0 Å². The lowest BCUT2D eigenvalue weighted by Gasteiger charge is -2.10. The maximum Gasteiger partial charge on any atom is 0.417 e. The molecule has 5 nitrogen and oxygen atoms in total. The lowest BCUT2D eigenvalue weighted by Crippen LogP contribution is -2.11. The normalized spacial score (nSPS) is 11.7. The molecule has 108 valence electrons. The minimum absolute atomic E-state index is 0.0715. The summed E-state index contributed by atoms with van der Waals surface area (Å²) in [6, 6.07) is 0.846. The highest BCUT2D eigenvalue weighted by Gasteiger charge is 2.31. The van der Waals surface area contributed by atoms with Gasteiger partial charge < -0.3 is 9.88 Å². The van der Waals surface area contributed by atoms with Crippen molar-refractivity contribution in [1.82, 2.24) is 19.7 Å². The highest BCUT2D eigenvalue weighted by atomic mass is 35.5. The molecule has 20 heavy (non-hydrogen) atoms. The Morgan fingerprint density at radius 3 is 2.70 bits per heavy atom. The van der Waals surface area contributed by atoms with Crippen molar-refractivity contribution in [2.24, 2.45) is 7.05 Å². The Labute approximate surface area is 117 Å². The molecular formula is C11H11ClF3N5. The summed E-state index contributed by atoms with van der Waals surface area (Å²) in [4.78, 5) is 3.68. The number of alkyl halides is 3. The Morgan fingerprint density at radius 1 is 1.40 bits per heavy atom. The zero-order valence-corrected chi connectivity index (χ0v) is 11.2. The monoisotopic (exact) mass is 305 g/mol. The molecule has 0 aliphatic carbocycles. The largest absolute Gasteiger partial charge is 0.417 e. The van der Waals surface area contributed by atoms with Crippen LogP contribution in [0.2, 0.25) is 5.02 Å². The molecule has 0 radical (unpaired) electrons. The van der Waals surface area contributed by atoms with E-state index in [1.54, 1.807) is 17.9 Å². The molecule has 2 aromatic rings. The van der Waals surface area contributed by atoms with Crippen LogP contribution in [-0.4, -0.2) is 26.3 Å². The second-order valence-corrected chi connectivity index (χ2v) is 4.49. The van der Waals surface area contributed by atoms with E-state index in [2.05, 4.69) is 20.5 Å². The highest BCUT2D eigenvalue weighted by Crippen LogP contribution is 2.32. The van der Waals surface area contributed by atoms with Crippen LogP contribution in [0.5, 0.6) is 0 Å². The molecule has 0 atom stereocenters. The summed E-state index contributed by atoms with van der Waals surface area (Å²) in [5.41, 5.74) is -0.874. The van der Waals surface area contributed by atoms with Crippen LogP contribution in [0.1, 0.15) is 11.4 Å². The third-order valence-corrected chi connectivity index (χ3v) is 2.90. The molecule has 0 bridgehead atoms. The van der Waals surface area contributed by atoms with Crippen molar-refractivity contribution in [3.63, 3.8) is 0 Å². The zero-order chi connectivity index (χ0) is 14.8. The van der Waals surface area contributed by atoms with Crippen LogP contribution in [0.3, 0.4) is 0 Å².